The van der Waals surface area contributed by atoms with Crippen LogP contribution in [-0.2, 0) is 14.8 Å². The van der Waals surface area contributed by atoms with Crippen LogP contribution in [0.5, 0.6) is 0 Å². The van der Waals surface area contributed by atoms with Crippen molar-refractivity contribution in [2.75, 3.05) is 31.6 Å². The Morgan fingerprint density at radius 1 is 1.08 bits per heavy atom. The van der Waals surface area contributed by atoms with E-state index in [1.165, 1.54) is 28.6 Å². The van der Waals surface area contributed by atoms with E-state index in [0.717, 1.165) is 0 Å². The summed E-state index contributed by atoms with van der Waals surface area (Å²) in [6.45, 7) is 1.34. The summed E-state index contributed by atoms with van der Waals surface area (Å²) in [7, 11) is -3.64. The molecule has 6 nitrogen and oxygen atoms in total. The molecule has 1 aliphatic heterocycles. The van der Waals surface area contributed by atoms with Crippen LogP contribution in [0, 0.1) is 0 Å². The zero-order valence-electron chi connectivity index (χ0n) is 13.6. The van der Waals surface area contributed by atoms with Gasteiger partial charge >= 0.3 is 0 Å². The van der Waals surface area contributed by atoms with Gasteiger partial charge in [-0.05, 0) is 36.4 Å². The number of nitrogens with one attached hydrogen (secondary N) is 1. The van der Waals surface area contributed by atoms with E-state index >= 15 is 0 Å². The topological polar surface area (TPSA) is 75.7 Å². The largest absolute Gasteiger partial charge is 0.379 e. The van der Waals surface area contributed by atoms with Gasteiger partial charge in [0, 0.05) is 23.8 Å². The van der Waals surface area contributed by atoms with E-state index in [1.54, 1.807) is 18.2 Å². The predicted octanol–water partition coefficient (Wildman–Crippen LogP) is 3.27. The van der Waals surface area contributed by atoms with Crippen LogP contribution >= 0.6 is 23.2 Å². The number of morpholine rings is 1. The zero-order valence-corrected chi connectivity index (χ0v) is 15.9. The van der Waals surface area contributed by atoms with Gasteiger partial charge in [-0.3, -0.25) is 4.79 Å². The van der Waals surface area contributed by atoms with Gasteiger partial charge < -0.3 is 10.1 Å². The molecule has 1 saturated heterocycles. The first-order valence-electron chi connectivity index (χ1n) is 7.82. The highest BCUT2D eigenvalue weighted by atomic mass is 35.5. The molecule has 26 heavy (non-hydrogen) atoms. The molecule has 0 spiro atoms. The lowest BCUT2D eigenvalue weighted by molar-refractivity contribution is 0.0730. The Hall–Kier alpha value is -1.64. The average Bonchev–Trinajstić information content (AvgIpc) is 2.62. The summed E-state index contributed by atoms with van der Waals surface area (Å²) in [4.78, 5) is 12.5. The van der Waals surface area contributed by atoms with Crippen LogP contribution in [0.1, 0.15) is 10.4 Å². The number of anilines is 1. The number of rotatable bonds is 4. The molecule has 0 aromatic heterocycles. The Kier molecular flexibility index (Phi) is 5.84. The van der Waals surface area contributed by atoms with Crippen molar-refractivity contribution in [3.05, 3.63) is 58.1 Å². The molecular formula is C17H16Cl2N2O4S. The van der Waals surface area contributed by atoms with Gasteiger partial charge in [0.25, 0.3) is 5.91 Å². The van der Waals surface area contributed by atoms with E-state index in [2.05, 4.69) is 5.32 Å². The van der Waals surface area contributed by atoms with Gasteiger partial charge in [-0.25, -0.2) is 8.42 Å². The van der Waals surface area contributed by atoms with Gasteiger partial charge in [-0.2, -0.15) is 4.31 Å². The molecule has 1 heterocycles. The standard InChI is InChI=1S/C17H16Cl2N2O4S/c18-12-4-5-15(16(19)10-12)17(22)20-13-2-1-3-14(11-13)26(23,24)21-6-8-25-9-7-21/h1-5,10-11H,6-9H2,(H,20,22). The molecule has 0 aliphatic carbocycles. The Bertz CT molecular complexity index is 928. The Morgan fingerprint density at radius 2 is 1.81 bits per heavy atom. The Labute approximate surface area is 161 Å². The van der Waals surface area contributed by atoms with Crippen LogP contribution in [-0.4, -0.2) is 44.9 Å². The Balaban J connectivity index is 1.82. The van der Waals surface area contributed by atoms with Crippen molar-refractivity contribution >= 4 is 44.8 Å². The van der Waals surface area contributed by atoms with Gasteiger partial charge in [-0.1, -0.05) is 29.3 Å². The van der Waals surface area contributed by atoms with Crippen LogP contribution in [0.25, 0.3) is 0 Å². The molecule has 0 bridgehead atoms. The maximum Gasteiger partial charge on any atom is 0.257 e. The van der Waals surface area contributed by atoms with Crippen molar-refractivity contribution in [2.24, 2.45) is 0 Å². The van der Waals surface area contributed by atoms with Crippen molar-refractivity contribution in [1.29, 1.82) is 0 Å². The maximum absolute atomic E-state index is 12.7. The summed E-state index contributed by atoms with van der Waals surface area (Å²) in [6, 6.07) is 10.6. The summed E-state index contributed by atoms with van der Waals surface area (Å²) < 4.78 is 32.0. The van der Waals surface area contributed by atoms with Gasteiger partial charge in [-0.15, -0.1) is 0 Å². The van der Waals surface area contributed by atoms with Crippen molar-refractivity contribution in [1.82, 2.24) is 4.31 Å². The smallest absolute Gasteiger partial charge is 0.257 e. The summed E-state index contributed by atoms with van der Waals surface area (Å²) in [5.41, 5.74) is 0.604. The highest BCUT2D eigenvalue weighted by molar-refractivity contribution is 7.89. The highest BCUT2D eigenvalue weighted by Crippen LogP contribution is 2.24. The summed E-state index contributed by atoms with van der Waals surface area (Å²) >= 11 is 11.9. The fourth-order valence-electron chi connectivity index (χ4n) is 2.54. The second-order valence-electron chi connectivity index (χ2n) is 5.62. The fraction of sp³-hybridized carbons (Fsp3) is 0.235. The zero-order chi connectivity index (χ0) is 18.7. The number of nitrogens with zero attached hydrogens (tertiary/aromatic N) is 1. The number of hydrogen-bond donors (Lipinski definition) is 1. The minimum absolute atomic E-state index is 0.111. The molecule has 1 aliphatic rings. The predicted molar refractivity (Wildman–Crippen MR) is 100 cm³/mol. The number of halogens is 2. The number of carbonyl (C=O) groups is 1. The molecule has 0 saturated carbocycles. The van der Waals surface area contributed by atoms with Crippen molar-refractivity contribution < 1.29 is 17.9 Å². The summed E-state index contributed by atoms with van der Waals surface area (Å²) in [6.07, 6.45) is 0. The quantitative estimate of drug-likeness (QED) is 0.832. The van der Waals surface area contributed by atoms with Gasteiger partial charge in [0.1, 0.15) is 0 Å². The molecule has 1 N–H and O–H groups in total. The van der Waals surface area contributed by atoms with E-state index in [-0.39, 0.29) is 15.5 Å². The lowest BCUT2D eigenvalue weighted by atomic mass is 10.2. The molecule has 2 aromatic rings. The minimum atomic E-state index is -3.64. The molecule has 9 heteroatoms. The van der Waals surface area contributed by atoms with Gasteiger partial charge in [0.15, 0.2) is 0 Å². The number of hydrogen-bond acceptors (Lipinski definition) is 4. The number of benzene rings is 2. The number of carbonyl (C=O) groups excluding carboxylic acids is 1. The first kappa shape index (κ1) is 19.1. The van der Waals surface area contributed by atoms with E-state index in [1.807, 2.05) is 0 Å². The number of ether oxygens (including phenoxy) is 1. The number of sulfonamides is 1. The van der Waals surface area contributed by atoms with E-state index in [4.69, 9.17) is 27.9 Å². The molecule has 0 atom stereocenters. The van der Waals surface area contributed by atoms with Crippen LogP contribution < -0.4 is 5.32 Å². The second-order valence-corrected chi connectivity index (χ2v) is 8.40. The van der Waals surface area contributed by atoms with Crippen LogP contribution in [0.15, 0.2) is 47.4 Å². The molecule has 1 amide bonds. The summed E-state index contributed by atoms with van der Waals surface area (Å²) in [5.74, 6) is -0.451. The van der Waals surface area contributed by atoms with Crippen molar-refractivity contribution in [3.8, 4) is 0 Å². The normalized spacial score (nSPS) is 15.6. The molecular weight excluding hydrogens is 399 g/mol. The molecule has 138 valence electrons. The van der Waals surface area contributed by atoms with Crippen molar-refractivity contribution in [3.63, 3.8) is 0 Å². The third-order valence-electron chi connectivity index (χ3n) is 3.88. The molecule has 0 radical (unpaired) electrons. The fourth-order valence-corrected chi connectivity index (χ4v) is 4.49. The van der Waals surface area contributed by atoms with Crippen LogP contribution in [0.2, 0.25) is 10.0 Å². The number of amides is 1. The van der Waals surface area contributed by atoms with Gasteiger partial charge in [0.05, 0.1) is 28.7 Å². The third-order valence-corrected chi connectivity index (χ3v) is 6.32. The van der Waals surface area contributed by atoms with Gasteiger partial charge in [0.2, 0.25) is 10.0 Å². The first-order valence-corrected chi connectivity index (χ1v) is 10.0. The second kappa shape index (κ2) is 7.94. The third kappa shape index (κ3) is 4.19. The molecule has 2 aromatic carbocycles. The average molecular weight is 415 g/mol. The van der Waals surface area contributed by atoms with E-state index in [0.29, 0.717) is 37.0 Å². The lowest BCUT2D eigenvalue weighted by Gasteiger charge is -2.26. The highest BCUT2D eigenvalue weighted by Gasteiger charge is 2.26. The monoisotopic (exact) mass is 414 g/mol. The van der Waals surface area contributed by atoms with Crippen LogP contribution in [0.3, 0.4) is 0 Å². The summed E-state index contributed by atoms with van der Waals surface area (Å²) in [5, 5.41) is 3.30. The Morgan fingerprint density at radius 3 is 2.50 bits per heavy atom. The minimum Gasteiger partial charge on any atom is -0.379 e. The molecule has 3 rings (SSSR count). The lowest BCUT2D eigenvalue weighted by Crippen LogP contribution is -2.40. The maximum atomic E-state index is 12.7. The molecule has 1 fully saturated rings. The molecule has 0 unspecified atom stereocenters. The van der Waals surface area contributed by atoms with E-state index < -0.39 is 15.9 Å². The SMILES string of the molecule is O=C(Nc1cccc(S(=O)(=O)N2CCOCC2)c1)c1ccc(Cl)cc1Cl. The van der Waals surface area contributed by atoms with Crippen LogP contribution in [0.4, 0.5) is 5.69 Å². The first-order chi connectivity index (χ1) is 12.4. The van der Waals surface area contributed by atoms with E-state index in [9.17, 15) is 13.2 Å². The van der Waals surface area contributed by atoms with Crippen molar-refractivity contribution in [2.45, 2.75) is 4.90 Å².